The van der Waals surface area contributed by atoms with Crippen molar-refractivity contribution in [3.8, 4) is 23.0 Å². The van der Waals surface area contributed by atoms with Crippen molar-refractivity contribution in [1.29, 1.82) is 4.78 Å². The first-order chi connectivity index (χ1) is 13.7. The molecule has 8 heteroatoms. The van der Waals surface area contributed by atoms with Gasteiger partial charge in [-0.15, -0.1) is 0 Å². The molecule has 142 valence electrons. The molecule has 0 amide bonds. The molecule has 0 bridgehead atoms. The van der Waals surface area contributed by atoms with E-state index < -0.39 is 11.5 Å². The molecule has 1 aromatic heterocycles. The van der Waals surface area contributed by atoms with E-state index in [2.05, 4.69) is 42.1 Å². The molecule has 3 aromatic carbocycles. The highest BCUT2D eigenvalue weighted by Crippen LogP contribution is 2.42. The highest BCUT2D eigenvalue weighted by atomic mass is 32.1. The van der Waals surface area contributed by atoms with E-state index in [9.17, 15) is 0 Å². The molecular formula is C20H17N2O5S+. The largest absolute Gasteiger partial charge is 0.454 e. The molecule has 0 fully saturated rings. The molecule has 3 heterocycles. The van der Waals surface area contributed by atoms with Crippen molar-refractivity contribution in [1.82, 2.24) is 0 Å². The van der Waals surface area contributed by atoms with E-state index in [1.807, 2.05) is 12.1 Å². The molecule has 0 unspecified atom stereocenters. The number of rotatable bonds is 0. The Morgan fingerprint density at radius 1 is 0.857 bits per heavy atom. The number of nitrogens with one attached hydrogen (secondary N) is 1. The van der Waals surface area contributed by atoms with Gasteiger partial charge in [0, 0.05) is 16.8 Å². The number of hydrogen-bond acceptors (Lipinski definition) is 6. The molecular weight excluding hydrogens is 380 g/mol. The minimum Gasteiger partial charge on any atom is -0.454 e. The van der Waals surface area contributed by atoms with Crippen molar-refractivity contribution in [2.75, 3.05) is 13.6 Å². The summed E-state index contributed by atoms with van der Waals surface area (Å²) in [6, 6.07) is 12.5. The van der Waals surface area contributed by atoms with Crippen LogP contribution < -0.4 is 23.5 Å². The zero-order valence-electron chi connectivity index (χ0n) is 14.9. The second-order valence-electron chi connectivity index (χ2n) is 6.49. The maximum Gasteiger partial charge on any atom is 0.231 e. The number of hydrogen-bond donors (Lipinski definition) is 1. The Bertz CT molecular complexity index is 1320. The predicted octanol–water partition coefficient (Wildman–Crippen LogP) is 2.85. The van der Waals surface area contributed by atoms with E-state index in [4.69, 9.17) is 27.9 Å². The number of nitrogens with zero attached hydrogens (tertiary/aromatic N) is 1. The third-order valence-electron chi connectivity index (χ3n) is 5.03. The molecule has 0 saturated heterocycles. The van der Waals surface area contributed by atoms with Crippen molar-refractivity contribution in [3.05, 3.63) is 42.6 Å². The van der Waals surface area contributed by atoms with E-state index in [0.29, 0.717) is 0 Å². The first-order valence-corrected chi connectivity index (χ1v) is 9.53. The van der Waals surface area contributed by atoms with Crippen LogP contribution in [0.2, 0.25) is 0 Å². The smallest absolute Gasteiger partial charge is 0.231 e. The van der Waals surface area contributed by atoms with Crippen molar-refractivity contribution < 1.29 is 27.7 Å². The molecule has 4 aromatic rings. The lowest BCUT2D eigenvalue weighted by atomic mass is 10.00. The SMILES string of the molecule is C[n+]1cc2c3c(ccc2c2ccc4cc5c(cc4c21)OCO5)OCO3.N=[SH2]=O. The highest BCUT2D eigenvalue weighted by molar-refractivity contribution is 7.53. The first kappa shape index (κ1) is 16.9. The summed E-state index contributed by atoms with van der Waals surface area (Å²) in [5, 5.41) is 5.66. The first-order valence-electron chi connectivity index (χ1n) is 8.62. The van der Waals surface area contributed by atoms with Crippen LogP contribution in [0.15, 0.2) is 42.6 Å². The summed E-state index contributed by atoms with van der Waals surface area (Å²) in [4.78, 5) is 0. The Hall–Kier alpha value is -3.26. The monoisotopic (exact) mass is 397 g/mol. The maximum atomic E-state index is 8.62. The van der Waals surface area contributed by atoms with Gasteiger partial charge in [0.05, 0.1) is 16.2 Å². The van der Waals surface area contributed by atoms with Crippen LogP contribution in [0.1, 0.15) is 0 Å². The summed E-state index contributed by atoms with van der Waals surface area (Å²) in [6.45, 7) is 0.555. The van der Waals surface area contributed by atoms with Crippen molar-refractivity contribution in [2.45, 2.75) is 0 Å². The van der Waals surface area contributed by atoms with Crippen molar-refractivity contribution in [2.24, 2.45) is 7.05 Å². The fraction of sp³-hybridized carbons (Fsp3) is 0.150. The van der Waals surface area contributed by atoms with Gasteiger partial charge in [-0.25, -0.2) is 0 Å². The van der Waals surface area contributed by atoms with Gasteiger partial charge in [-0.05, 0) is 35.7 Å². The van der Waals surface area contributed by atoms with E-state index >= 15 is 0 Å². The van der Waals surface area contributed by atoms with Crippen LogP contribution in [0.25, 0.3) is 32.4 Å². The lowest BCUT2D eigenvalue weighted by molar-refractivity contribution is -0.642. The average Bonchev–Trinajstić information content (AvgIpc) is 3.35. The Morgan fingerprint density at radius 3 is 2.36 bits per heavy atom. The number of aryl methyl sites for hydroxylation is 1. The predicted molar refractivity (Wildman–Crippen MR) is 106 cm³/mol. The molecule has 6 rings (SSSR count). The van der Waals surface area contributed by atoms with Gasteiger partial charge < -0.3 is 18.9 Å². The Morgan fingerprint density at radius 2 is 1.54 bits per heavy atom. The van der Waals surface area contributed by atoms with Gasteiger partial charge in [-0.3, -0.25) is 8.99 Å². The van der Waals surface area contributed by atoms with E-state index in [-0.39, 0.29) is 13.6 Å². The van der Waals surface area contributed by atoms with Gasteiger partial charge >= 0.3 is 0 Å². The third kappa shape index (κ3) is 2.41. The molecule has 0 saturated carbocycles. The summed E-state index contributed by atoms with van der Waals surface area (Å²) in [5.74, 6) is 3.22. The molecule has 2 aliphatic heterocycles. The van der Waals surface area contributed by atoms with Gasteiger partial charge in [-0.1, -0.05) is 6.07 Å². The molecule has 7 nitrogen and oxygen atoms in total. The van der Waals surface area contributed by atoms with Gasteiger partial charge in [-0.2, -0.15) is 4.57 Å². The standard InChI is InChI=1S/C20H14NO4.H3NOS/c1-21-8-15-12(4-5-16-20(15)25-10-22-16)13-3-2-11-6-17-18(24-9-23-17)7-14(11)19(13)21;1-3-2/h2-8H,9-10H2,1H3;1H,3H2/q+1;. The van der Waals surface area contributed by atoms with Crippen LogP contribution in [-0.2, 0) is 18.5 Å². The van der Waals surface area contributed by atoms with Crippen LogP contribution in [0.4, 0.5) is 0 Å². The van der Waals surface area contributed by atoms with Gasteiger partial charge in [0.25, 0.3) is 0 Å². The second-order valence-corrected chi connectivity index (χ2v) is 6.70. The number of benzene rings is 3. The van der Waals surface area contributed by atoms with Crippen LogP contribution in [0.5, 0.6) is 23.0 Å². The Labute approximate surface area is 163 Å². The van der Waals surface area contributed by atoms with Gasteiger partial charge in [0.15, 0.2) is 29.2 Å². The highest BCUT2D eigenvalue weighted by Gasteiger charge is 2.24. The van der Waals surface area contributed by atoms with E-state index in [1.165, 1.54) is 5.39 Å². The van der Waals surface area contributed by atoms with Crippen molar-refractivity contribution in [3.63, 3.8) is 0 Å². The van der Waals surface area contributed by atoms with Crippen molar-refractivity contribution >= 4 is 43.9 Å². The Kier molecular flexibility index (Phi) is 3.87. The molecule has 28 heavy (non-hydrogen) atoms. The summed E-state index contributed by atoms with van der Waals surface area (Å²) >= 11 is -0.917. The number of pyridine rings is 1. The van der Waals surface area contributed by atoms with Gasteiger partial charge in [0.1, 0.15) is 7.05 Å². The van der Waals surface area contributed by atoms with Crippen LogP contribution in [0, 0.1) is 4.78 Å². The molecule has 0 atom stereocenters. The Balaban J connectivity index is 0.000000538. The molecule has 0 aliphatic carbocycles. The minimum absolute atomic E-state index is 0.275. The summed E-state index contributed by atoms with van der Waals surface area (Å²) in [7, 11) is 2.06. The van der Waals surface area contributed by atoms with Crippen LogP contribution >= 0.6 is 0 Å². The fourth-order valence-electron chi connectivity index (χ4n) is 3.91. The summed E-state index contributed by atoms with van der Waals surface area (Å²) < 4.78 is 38.7. The fourth-order valence-corrected chi connectivity index (χ4v) is 3.91. The van der Waals surface area contributed by atoms with E-state index in [0.717, 1.165) is 50.1 Å². The number of fused-ring (bicyclic) bond motifs is 8. The zero-order valence-corrected chi connectivity index (χ0v) is 15.9. The minimum atomic E-state index is -0.917. The molecule has 1 N–H and O–H groups in total. The van der Waals surface area contributed by atoms with E-state index in [1.54, 1.807) is 0 Å². The van der Waals surface area contributed by atoms with Crippen LogP contribution in [-0.4, -0.2) is 17.8 Å². The summed E-state index contributed by atoms with van der Waals surface area (Å²) in [5.41, 5.74) is 1.15. The molecule has 0 radical (unpaired) electrons. The normalized spacial score (nSPS) is 14.2. The second kappa shape index (κ2) is 6.42. The maximum absolute atomic E-state index is 8.62. The average molecular weight is 397 g/mol. The quantitative estimate of drug-likeness (QED) is 0.365. The molecule has 2 aliphatic rings. The van der Waals surface area contributed by atoms with Gasteiger partial charge in [0.2, 0.25) is 19.1 Å². The number of aromatic nitrogens is 1. The summed E-state index contributed by atoms with van der Waals surface area (Å²) in [6.07, 6.45) is 2.11. The third-order valence-corrected chi connectivity index (χ3v) is 5.03. The zero-order chi connectivity index (χ0) is 19.3. The topological polar surface area (TPSA) is 81.7 Å². The van der Waals surface area contributed by atoms with Crippen LogP contribution in [0.3, 0.4) is 0 Å². The lowest BCUT2D eigenvalue weighted by Crippen LogP contribution is -2.28. The number of ether oxygens (including phenoxy) is 4. The molecule has 0 spiro atoms. The lowest BCUT2D eigenvalue weighted by Gasteiger charge is -2.08.